The number of hydrogen-bond acceptors (Lipinski definition) is 2. The molecule has 0 bridgehead atoms. The smallest absolute Gasteiger partial charge is 0.123 e. The number of nitrogens with one attached hydrogen (secondary N) is 1. The van der Waals surface area contributed by atoms with E-state index in [0.717, 1.165) is 12.1 Å². The molecule has 0 spiro atoms. The molecule has 2 N–H and O–H groups in total. The zero-order valence-electron chi connectivity index (χ0n) is 10.1. The summed E-state index contributed by atoms with van der Waals surface area (Å²) in [6, 6.07) is 6.64. The first kappa shape index (κ1) is 13.1. The molecule has 1 rings (SSSR count). The van der Waals surface area contributed by atoms with Crippen molar-refractivity contribution in [3.63, 3.8) is 0 Å². The molecule has 0 amide bonds. The van der Waals surface area contributed by atoms with E-state index in [0.29, 0.717) is 6.42 Å². The van der Waals surface area contributed by atoms with Gasteiger partial charge in [-0.3, -0.25) is 0 Å². The van der Waals surface area contributed by atoms with Crippen LogP contribution >= 0.6 is 0 Å². The summed E-state index contributed by atoms with van der Waals surface area (Å²) < 4.78 is 12.7. The first-order chi connectivity index (χ1) is 7.38. The normalized spacial score (nSPS) is 13.8. The predicted octanol–water partition coefficient (Wildman–Crippen LogP) is 2.64. The molecule has 0 heterocycles. The van der Waals surface area contributed by atoms with Gasteiger partial charge < -0.3 is 10.4 Å². The Kier molecular flexibility index (Phi) is 4.44. The minimum Gasteiger partial charge on any atom is -0.390 e. The van der Waals surface area contributed by atoms with E-state index in [-0.39, 0.29) is 11.9 Å². The van der Waals surface area contributed by atoms with E-state index in [9.17, 15) is 9.50 Å². The number of rotatable bonds is 5. The average molecular weight is 225 g/mol. The number of aliphatic hydroxyl groups is 1. The van der Waals surface area contributed by atoms with Crippen LogP contribution < -0.4 is 5.32 Å². The van der Waals surface area contributed by atoms with Gasteiger partial charge in [-0.2, -0.15) is 0 Å². The van der Waals surface area contributed by atoms with E-state index in [1.54, 1.807) is 26.0 Å². The molecule has 1 aromatic carbocycles. The number of hydrogen-bond donors (Lipinski definition) is 2. The van der Waals surface area contributed by atoms with Crippen molar-refractivity contribution in [1.82, 2.24) is 5.32 Å². The summed E-state index contributed by atoms with van der Waals surface area (Å²) in [5.41, 5.74) is 0.410. The van der Waals surface area contributed by atoms with E-state index in [2.05, 4.69) is 5.32 Å². The van der Waals surface area contributed by atoms with Gasteiger partial charge in [0.1, 0.15) is 5.82 Å². The van der Waals surface area contributed by atoms with Gasteiger partial charge in [-0.15, -0.1) is 0 Å². The summed E-state index contributed by atoms with van der Waals surface area (Å²) in [7, 11) is 0. The van der Waals surface area contributed by atoms with Crippen molar-refractivity contribution in [2.75, 3.05) is 6.54 Å². The zero-order valence-corrected chi connectivity index (χ0v) is 10.1. The van der Waals surface area contributed by atoms with E-state index in [4.69, 9.17) is 0 Å². The molecule has 0 fully saturated rings. The Morgan fingerprint density at radius 1 is 1.31 bits per heavy atom. The van der Waals surface area contributed by atoms with E-state index >= 15 is 0 Å². The maximum absolute atomic E-state index is 12.7. The highest BCUT2D eigenvalue weighted by atomic mass is 19.1. The Balaban J connectivity index is 2.41. The molecular formula is C13H20FNO. The van der Waals surface area contributed by atoms with Crippen LogP contribution in [-0.4, -0.2) is 17.3 Å². The first-order valence-corrected chi connectivity index (χ1v) is 5.60. The van der Waals surface area contributed by atoms with Crippen molar-refractivity contribution in [3.05, 3.63) is 35.6 Å². The van der Waals surface area contributed by atoms with Crippen LogP contribution in [0.2, 0.25) is 0 Å². The van der Waals surface area contributed by atoms with Crippen LogP contribution in [0.5, 0.6) is 0 Å². The highest BCUT2D eigenvalue weighted by Gasteiger charge is 2.12. The molecule has 0 radical (unpaired) electrons. The van der Waals surface area contributed by atoms with Gasteiger partial charge in [0, 0.05) is 6.04 Å². The molecule has 0 aromatic heterocycles. The molecule has 0 unspecified atom stereocenters. The monoisotopic (exact) mass is 225 g/mol. The topological polar surface area (TPSA) is 32.3 Å². The summed E-state index contributed by atoms with van der Waals surface area (Å²) >= 11 is 0. The van der Waals surface area contributed by atoms with Crippen LogP contribution in [0.1, 0.15) is 38.8 Å². The van der Waals surface area contributed by atoms with Crippen molar-refractivity contribution >= 4 is 0 Å². The van der Waals surface area contributed by atoms with Gasteiger partial charge in [-0.25, -0.2) is 4.39 Å². The molecule has 0 aliphatic heterocycles. The van der Waals surface area contributed by atoms with Gasteiger partial charge in [0.05, 0.1) is 5.60 Å². The lowest BCUT2D eigenvalue weighted by molar-refractivity contribution is 0.0705. The van der Waals surface area contributed by atoms with Crippen LogP contribution in [0.4, 0.5) is 4.39 Å². The van der Waals surface area contributed by atoms with Crippen LogP contribution in [0.15, 0.2) is 24.3 Å². The molecule has 1 aromatic rings. The third kappa shape index (κ3) is 4.73. The van der Waals surface area contributed by atoms with Crippen molar-refractivity contribution in [2.45, 2.75) is 38.8 Å². The molecule has 2 nitrogen and oxygen atoms in total. The average Bonchev–Trinajstić information content (AvgIpc) is 2.16. The van der Waals surface area contributed by atoms with Gasteiger partial charge in [0.2, 0.25) is 0 Å². The van der Waals surface area contributed by atoms with Gasteiger partial charge >= 0.3 is 0 Å². The van der Waals surface area contributed by atoms with Crippen molar-refractivity contribution in [3.8, 4) is 0 Å². The maximum atomic E-state index is 12.7. The fourth-order valence-electron chi connectivity index (χ4n) is 1.46. The van der Waals surface area contributed by atoms with E-state index in [1.165, 1.54) is 12.1 Å². The maximum Gasteiger partial charge on any atom is 0.123 e. The molecule has 0 aliphatic carbocycles. The second-order valence-electron chi connectivity index (χ2n) is 4.79. The molecule has 0 aliphatic rings. The quantitative estimate of drug-likeness (QED) is 0.807. The Labute approximate surface area is 96.5 Å². The van der Waals surface area contributed by atoms with Gasteiger partial charge in [0.15, 0.2) is 0 Å². The molecule has 3 heteroatoms. The molecule has 0 saturated carbocycles. The Morgan fingerprint density at radius 2 is 1.88 bits per heavy atom. The molecular weight excluding hydrogens is 205 g/mol. The number of benzene rings is 1. The first-order valence-electron chi connectivity index (χ1n) is 5.60. The van der Waals surface area contributed by atoms with Crippen molar-refractivity contribution in [1.29, 1.82) is 0 Å². The second kappa shape index (κ2) is 5.41. The van der Waals surface area contributed by atoms with Crippen LogP contribution in [-0.2, 0) is 0 Å². The minimum absolute atomic E-state index is 0.169. The highest BCUT2D eigenvalue weighted by molar-refractivity contribution is 5.19. The molecule has 0 saturated heterocycles. The van der Waals surface area contributed by atoms with Gasteiger partial charge in [-0.05, 0) is 51.4 Å². The van der Waals surface area contributed by atoms with E-state index in [1.807, 2.05) is 6.92 Å². The van der Waals surface area contributed by atoms with E-state index < -0.39 is 5.60 Å². The van der Waals surface area contributed by atoms with Gasteiger partial charge in [0.25, 0.3) is 0 Å². The van der Waals surface area contributed by atoms with Crippen LogP contribution in [0.3, 0.4) is 0 Å². The standard InChI is InChI=1S/C13H20FNO/c1-10(15-9-8-13(2,3)16)11-4-6-12(14)7-5-11/h4-7,10,15-16H,8-9H2,1-3H3/t10-/m1/s1. The third-order valence-corrected chi connectivity index (χ3v) is 2.56. The zero-order chi connectivity index (χ0) is 12.2. The Bertz CT molecular complexity index is 316. The molecule has 90 valence electrons. The lowest BCUT2D eigenvalue weighted by atomic mass is 10.0. The SMILES string of the molecule is C[C@@H](NCCC(C)(C)O)c1ccc(F)cc1. The lowest BCUT2D eigenvalue weighted by Crippen LogP contribution is -2.28. The Hall–Kier alpha value is -0.930. The summed E-state index contributed by atoms with van der Waals surface area (Å²) in [5.74, 6) is -0.215. The van der Waals surface area contributed by atoms with Gasteiger partial charge in [-0.1, -0.05) is 12.1 Å². The third-order valence-electron chi connectivity index (χ3n) is 2.56. The fraction of sp³-hybridized carbons (Fsp3) is 0.538. The van der Waals surface area contributed by atoms with Crippen LogP contribution in [0.25, 0.3) is 0 Å². The highest BCUT2D eigenvalue weighted by Crippen LogP contribution is 2.13. The second-order valence-corrected chi connectivity index (χ2v) is 4.79. The predicted molar refractivity (Wildman–Crippen MR) is 63.7 cm³/mol. The van der Waals surface area contributed by atoms with Crippen LogP contribution in [0, 0.1) is 5.82 Å². The van der Waals surface area contributed by atoms with Crippen molar-refractivity contribution in [2.24, 2.45) is 0 Å². The Morgan fingerprint density at radius 3 is 2.38 bits per heavy atom. The lowest BCUT2D eigenvalue weighted by Gasteiger charge is -2.20. The fourth-order valence-corrected chi connectivity index (χ4v) is 1.46. The van der Waals surface area contributed by atoms with Crippen molar-refractivity contribution < 1.29 is 9.50 Å². The molecule has 16 heavy (non-hydrogen) atoms. The summed E-state index contributed by atoms with van der Waals surface area (Å²) in [6.45, 7) is 6.34. The minimum atomic E-state index is -0.643. The summed E-state index contributed by atoms with van der Waals surface area (Å²) in [4.78, 5) is 0. The number of halogens is 1. The summed E-state index contributed by atoms with van der Waals surface area (Å²) in [5, 5.41) is 12.8. The largest absolute Gasteiger partial charge is 0.390 e. The molecule has 1 atom stereocenters. The summed E-state index contributed by atoms with van der Waals surface area (Å²) in [6.07, 6.45) is 0.693.